The summed E-state index contributed by atoms with van der Waals surface area (Å²) < 4.78 is 0. The number of nitrogens with one attached hydrogen (secondary N) is 2. The fourth-order valence-corrected chi connectivity index (χ4v) is 2.46. The minimum atomic E-state index is -0.249. The van der Waals surface area contributed by atoms with Crippen LogP contribution in [0.4, 0.5) is 5.69 Å². The highest BCUT2D eigenvalue weighted by molar-refractivity contribution is 5.96. The smallest absolute Gasteiger partial charge is 0.251 e. The van der Waals surface area contributed by atoms with Crippen LogP contribution in [0.1, 0.15) is 34.8 Å². The van der Waals surface area contributed by atoms with Crippen LogP contribution in [0.25, 0.3) is 0 Å². The molecule has 0 bridgehead atoms. The lowest BCUT2D eigenvalue weighted by molar-refractivity contribution is -0.115. The number of aliphatic hydroxyl groups excluding tert-OH is 1. The first-order valence-corrected chi connectivity index (χ1v) is 8.39. The van der Waals surface area contributed by atoms with Crippen LogP contribution in [0.15, 0.2) is 48.5 Å². The van der Waals surface area contributed by atoms with E-state index in [1.165, 1.54) is 0 Å². The lowest BCUT2D eigenvalue weighted by Gasteiger charge is -2.14. The standard InChI is InChI=1S/C20H24N2O3/c1-3-17(13-23)22-20(25)16-7-9-18(10-8-16)21-19(24)12-15-6-4-5-14(2)11-15/h4-11,17,23H,3,12-13H2,1-2H3,(H,21,24)(H,22,25). The van der Waals surface area contributed by atoms with Gasteiger partial charge in [-0.05, 0) is 43.2 Å². The van der Waals surface area contributed by atoms with Crippen molar-refractivity contribution >= 4 is 17.5 Å². The molecule has 2 aromatic carbocycles. The summed E-state index contributed by atoms with van der Waals surface area (Å²) >= 11 is 0. The van der Waals surface area contributed by atoms with Crippen molar-refractivity contribution in [2.24, 2.45) is 0 Å². The molecule has 0 saturated heterocycles. The van der Waals surface area contributed by atoms with Crippen LogP contribution < -0.4 is 10.6 Å². The first kappa shape index (κ1) is 18.7. The largest absolute Gasteiger partial charge is 0.394 e. The van der Waals surface area contributed by atoms with Crippen molar-refractivity contribution in [3.8, 4) is 0 Å². The normalized spacial score (nSPS) is 11.6. The number of anilines is 1. The predicted octanol–water partition coefficient (Wildman–Crippen LogP) is 2.68. The SMILES string of the molecule is CCC(CO)NC(=O)c1ccc(NC(=O)Cc2cccc(C)c2)cc1. The number of amides is 2. The fraction of sp³-hybridized carbons (Fsp3) is 0.300. The average molecular weight is 340 g/mol. The minimum absolute atomic E-state index is 0.0880. The van der Waals surface area contributed by atoms with Crippen LogP contribution in [0, 0.1) is 6.92 Å². The Balaban J connectivity index is 1.93. The number of rotatable bonds is 7. The number of benzene rings is 2. The first-order chi connectivity index (χ1) is 12.0. The summed E-state index contributed by atoms with van der Waals surface area (Å²) in [7, 11) is 0. The predicted molar refractivity (Wildman–Crippen MR) is 98.6 cm³/mol. The lowest BCUT2D eigenvalue weighted by Crippen LogP contribution is -2.36. The van der Waals surface area contributed by atoms with Crippen LogP contribution in [-0.4, -0.2) is 29.6 Å². The molecule has 2 amide bonds. The zero-order valence-electron chi connectivity index (χ0n) is 14.6. The summed E-state index contributed by atoms with van der Waals surface area (Å²) in [4.78, 5) is 24.2. The van der Waals surface area contributed by atoms with E-state index in [0.29, 0.717) is 24.1 Å². The average Bonchev–Trinajstić information content (AvgIpc) is 2.60. The summed E-state index contributed by atoms with van der Waals surface area (Å²) in [6.07, 6.45) is 0.966. The number of hydrogen-bond donors (Lipinski definition) is 3. The number of aliphatic hydroxyl groups is 1. The van der Waals surface area contributed by atoms with E-state index in [4.69, 9.17) is 5.11 Å². The number of hydrogen-bond acceptors (Lipinski definition) is 3. The number of carbonyl (C=O) groups excluding carboxylic acids is 2. The molecule has 0 aromatic heterocycles. The molecule has 25 heavy (non-hydrogen) atoms. The molecule has 0 aliphatic rings. The molecule has 132 valence electrons. The molecule has 2 aromatic rings. The van der Waals surface area contributed by atoms with Gasteiger partial charge in [0.05, 0.1) is 19.1 Å². The van der Waals surface area contributed by atoms with E-state index in [1.807, 2.05) is 38.1 Å². The highest BCUT2D eigenvalue weighted by Gasteiger charge is 2.11. The summed E-state index contributed by atoms with van der Waals surface area (Å²) in [6.45, 7) is 3.80. The second kappa shape index (κ2) is 8.99. The molecule has 1 atom stereocenters. The summed E-state index contributed by atoms with van der Waals surface area (Å²) in [5, 5.41) is 14.7. The Labute approximate surface area is 148 Å². The summed E-state index contributed by atoms with van der Waals surface area (Å²) in [5.74, 6) is -0.340. The third kappa shape index (κ3) is 5.72. The molecule has 0 spiro atoms. The lowest BCUT2D eigenvalue weighted by atomic mass is 10.1. The van der Waals surface area contributed by atoms with Crippen LogP contribution in [-0.2, 0) is 11.2 Å². The second-order valence-corrected chi connectivity index (χ2v) is 6.05. The molecule has 5 heteroatoms. The van der Waals surface area contributed by atoms with Crippen molar-refractivity contribution < 1.29 is 14.7 Å². The fourth-order valence-electron chi connectivity index (χ4n) is 2.46. The highest BCUT2D eigenvalue weighted by Crippen LogP contribution is 2.12. The maximum Gasteiger partial charge on any atom is 0.251 e. The van der Waals surface area contributed by atoms with Gasteiger partial charge in [-0.25, -0.2) is 0 Å². The number of aryl methyl sites for hydroxylation is 1. The van der Waals surface area contributed by atoms with E-state index in [1.54, 1.807) is 24.3 Å². The van der Waals surface area contributed by atoms with E-state index in [2.05, 4.69) is 10.6 Å². The molecule has 1 unspecified atom stereocenters. The van der Waals surface area contributed by atoms with Crippen molar-refractivity contribution in [1.29, 1.82) is 0 Å². The van der Waals surface area contributed by atoms with Gasteiger partial charge in [0.15, 0.2) is 0 Å². The van der Waals surface area contributed by atoms with Crippen LogP contribution in [0.3, 0.4) is 0 Å². The minimum Gasteiger partial charge on any atom is -0.394 e. The topological polar surface area (TPSA) is 78.4 Å². The maximum absolute atomic E-state index is 12.1. The first-order valence-electron chi connectivity index (χ1n) is 8.39. The molecule has 0 saturated carbocycles. The highest BCUT2D eigenvalue weighted by atomic mass is 16.3. The van der Waals surface area contributed by atoms with Gasteiger partial charge in [-0.2, -0.15) is 0 Å². The summed E-state index contributed by atoms with van der Waals surface area (Å²) in [6, 6.07) is 14.3. The van der Waals surface area contributed by atoms with Gasteiger partial charge in [0.2, 0.25) is 5.91 Å². The maximum atomic E-state index is 12.1. The van der Waals surface area contributed by atoms with E-state index >= 15 is 0 Å². The molecule has 0 aliphatic carbocycles. The van der Waals surface area contributed by atoms with Gasteiger partial charge in [-0.3, -0.25) is 9.59 Å². The number of carbonyl (C=O) groups is 2. The third-order valence-corrected chi connectivity index (χ3v) is 3.93. The Morgan fingerprint density at radius 2 is 1.84 bits per heavy atom. The van der Waals surface area contributed by atoms with Crippen molar-refractivity contribution in [3.63, 3.8) is 0 Å². The van der Waals surface area contributed by atoms with Gasteiger partial charge in [0, 0.05) is 11.3 Å². The molecule has 0 heterocycles. The van der Waals surface area contributed by atoms with Gasteiger partial charge in [-0.15, -0.1) is 0 Å². The Bertz CT molecular complexity index is 722. The van der Waals surface area contributed by atoms with E-state index in [9.17, 15) is 9.59 Å². The molecule has 3 N–H and O–H groups in total. The molecular formula is C20H24N2O3. The van der Waals surface area contributed by atoms with E-state index < -0.39 is 0 Å². The summed E-state index contributed by atoms with van der Waals surface area (Å²) in [5.41, 5.74) is 3.21. The van der Waals surface area contributed by atoms with Crippen molar-refractivity contribution in [3.05, 3.63) is 65.2 Å². The molecule has 0 fully saturated rings. The zero-order chi connectivity index (χ0) is 18.2. The van der Waals surface area contributed by atoms with Gasteiger partial charge < -0.3 is 15.7 Å². The van der Waals surface area contributed by atoms with Crippen molar-refractivity contribution in [2.45, 2.75) is 32.7 Å². The molecule has 2 rings (SSSR count). The Morgan fingerprint density at radius 1 is 1.12 bits per heavy atom. The van der Waals surface area contributed by atoms with Gasteiger partial charge in [-0.1, -0.05) is 36.8 Å². The Hall–Kier alpha value is -2.66. The second-order valence-electron chi connectivity index (χ2n) is 6.05. The van der Waals surface area contributed by atoms with Gasteiger partial charge in [0.1, 0.15) is 0 Å². The van der Waals surface area contributed by atoms with Gasteiger partial charge in [0.25, 0.3) is 5.91 Å². The van der Waals surface area contributed by atoms with Crippen molar-refractivity contribution in [1.82, 2.24) is 5.32 Å². The zero-order valence-corrected chi connectivity index (χ0v) is 14.6. The van der Waals surface area contributed by atoms with E-state index in [0.717, 1.165) is 11.1 Å². The third-order valence-electron chi connectivity index (χ3n) is 3.93. The van der Waals surface area contributed by atoms with Crippen molar-refractivity contribution in [2.75, 3.05) is 11.9 Å². The van der Waals surface area contributed by atoms with Crippen LogP contribution in [0.2, 0.25) is 0 Å². The molecular weight excluding hydrogens is 316 g/mol. The Kier molecular flexibility index (Phi) is 6.71. The quantitative estimate of drug-likeness (QED) is 0.725. The van der Waals surface area contributed by atoms with Crippen LogP contribution >= 0.6 is 0 Å². The monoisotopic (exact) mass is 340 g/mol. The molecule has 0 radical (unpaired) electrons. The molecule has 5 nitrogen and oxygen atoms in total. The van der Waals surface area contributed by atoms with Gasteiger partial charge >= 0.3 is 0 Å². The Morgan fingerprint density at radius 3 is 2.44 bits per heavy atom. The van der Waals surface area contributed by atoms with Crippen LogP contribution in [0.5, 0.6) is 0 Å². The molecule has 0 aliphatic heterocycles. The van der Waals surface area contributed by atoms with E-state index in [-0.39, 0.29) is 24.5 Å².